The normalized spacial score (nSPS) is 17.9. The predicted molar refractivity (Wildman–Crippen MR) is 148 cm³/mol. The lowest BCUT2D eigenvalue weighted by atomic mass is 9.91. The molecule has 5 rings (SSSR count). The number of nitrogens with zero attached hydrogens (tertiary/aromatic N) is 3. The van der Waals surface area contributed by atoms with Crippen molar-refractivity contribution in [2.45, 2.75) is 71.1 Å². The Bertz CT molecular complexity index is 1300. The molecule has 0 aliphatic heterocycles. The Labute approximate surface area is 216 Å². The minimum atomic E-state index is 0.0610. The van der Waals surface area contributed by atoms with Gasteiger partial charge in [0.2, 0.25) is 5.91 Å². The van der Waals surface area contributed by atoms with Gasteiger partial charge in [-0.15, -0.1) is 11.3 Å². The number of hydrogen-bond acceptors (Lipinski definition) is 6. The molecule has 1 aromatic carbocycles. The molecule has 3 aromatic heterocycles. The summed E-state index contributed by atoms with van der Waals surface area (Å²) in [7, 11) is 0. The molecule has 8 heteroatoms. The van der Waals surface area contributed by atoms with Crippen LogP contribution in [0.15, 0.2) is 54.3 Å². The highest BCUT2D eigenvalue weighted by Crippen LogP contribution is 2.31. The molecule has 1 aliphatic carbocycles. The average Bonchev–Trinajstić information content (AvgIpc) is 3.54. The van der Waals surface area contributed by atoms with E-state index >= 15 is 0 Å². The molecule has 3 N–H and O–H groups in total. The summed E-state index contributed by atoms with van der Waals surface area (Å²) < 4.78 is 2.22. The summed E-state index contributed by atoms with van der Waals surface area (Å²) >= 11 is 1.70. The number of carbonyl (C=O) groups is 1. The van der Waals surface area contributed by atoms with Crippen LogP contribution in [0.5, 0.6) is 0 Å². The van der Waals surface area contributed by atoms with Crippen molar-refractivity contribution in [1.29, 1.82) is 0 Å². The number of thiophene rings is 1. The zero-order valence-corrected chi connectivity index (χ0v) is 21.9. The van der Waals surface area contributed by atoms with Gasteiger partial charge in [-0.3, -0.25) is 9.78 Å². The molecular weight excluding hydrogens is 468 g/mol. The van der Waals surface area contributed by atoms with E-state index in [1.807, 2.05) is 18.6 Å². The van der Waals surface area contributed by atoms with Gasteiger partial charge in [-0.1, -0.05) is 12.1 Å². The summed E-state index contributed by atoms with van der Waals surface area (Å²) in [4.78, 5) is 22.0. The fraction of sp³-hybridized carbons (Fsp3) is 0.393. The van der Waals surface area contributed by atoms with Crippen molar-refractivity contribution in [3.05, 3.63) is 59.9 Å². The first-order valence-electron chi connectivity index (χ1n) is 12.7. The van der Waals surface area contributed by atoms with Crippen molar-refractivity contribution in [2.75, 3.05) is 10.6 Å². The largest absolute Gasteiger partial charge is 0.382 e. The molecule has 1 amide bonds. The lowest BCUT2D eigenvalue weighted by Gasteiger charge is -2.30. The maximum atomic E-state index is 11.4. The average molecular weight is 503 g/mol. The quantitative estimate of drug-likeness (QED) is 0.267. The van der Waals surface area contributed by atoms with E-state index < -0.39 is 0 Å². The number of nitrogens with one attached hydrogen (secondary N) is 3. The topological polar surface area (TPSA) is 83.9 Å². The maximum Gasteiger partial charge on any atom is 0.217 e. The van der Waals surface area contributed by atoms with E-state index in [9.17, 15) is 4.79 Å². The second kappa shape index (κ2) is 10.7. The van der Waals surface area contributed by atoms with Crippen LogP contribution in [0.1, 0.15) is 58.1 Å². The van der Waals surface area contributed by atoms with Gasteiger partial charge in [0.05, 0.1) is 28.1 Å². The van der Waals surface area contributed by atoms with Crippen LogP contribution in [0.3, 0.4) is 0 Å². The first-order valence-corrected chi connectivity index (χ1v) is 13.6. The molecule has 1 aliphatic rings. The Balaban J connectivity index is 1.33. The first-order chi connectivity index (χ1) is 17.5. The minimum absolute atomic E-state index is 0.0610. The number of benzene rings is 1. The molecule has 36 heavy (non-hydrogen) atoms. The Morgan fingerprint density at radius 2 is 1.92 bits per heavy atom. The van der Waals surface area contributed by atoms with Crippen molar-refractivity contribution >= 4 is 39.7 Å². The third-order valence-corrected chi connectivity index (χ3v) is 7.71. The number of amides is 1. The molecule has 0 bridgehead atoms. The number of imidazole rings is 1. The number of rotatable bonds is 8. The van der Waals surface area contributed by atoms with Gasteiger partial charge >= 0.3 is 0 Å². The van der Waals surface area contributed by atoms with E-state index in [1.165, 1.54) is 4.88 Å². The Morgan fingerprint density at radius 3 is 2.58 bits per heavy atom. The Morgan fingerprint density at radius 1 is 1.11 bits per heavy atom. The lowest BCUT2D eigenvalue weighted by Crippen LogP contribution is -2.39. The number of anilines is 2. The summed E-state index contributed by atoms with van der Waals surface area (Å²) in [5, 5.41) is 12.5. The molecule has 0 unspecified atom stereocenters. The summed E-state index contributed by atoms with van der Waals surface area (Å²) in [6.45, 7) is 6.63. The predicted octanol–water partition coefficient (Wildman–Crippen LogP) is 6.21. The highest BCUT2D eigenvalue weighted by molar-refractivity contribution is 7.13. The van der Waals surface area contributed by atoms with E-state index in [0.29, 0.717) is 24.7 Å². The van der Waals surface area contributed by atoms with Gasteiger partial charge in [0.15, 0.2) is 0 Å². The molecule has 4 aromatic rings. The van der Waals surface area contributed by atoms with E-state index in [0.717, 1.165) is 59.3 Å². The molecule has 188 valence electrons. The first kappa shape index (κ1) is 24.3. The molecule has 0 radical (unpaired) electrons. The number of hydrogen-bond donors (Lipinski definition) is 3. The van der Waals surface area contributed by atoms with Crippen molar-refractivity contribution in [3.63, 3.8) is 0 Å². The van der Waals surface area contributed by atoms with Crippen LogP contribution in [-0.2, 0) is 11.3 Å². The number of fused-ring (bicyclic) bond motifs is 1. The van der Waals surface area contributed by atoms with Gasteiger partial charge < -0.3 is 20.5 Å². The second-order valence-corrected chi connectivity index (χ2v) is 10.9. The lowest BCUT2D eigenvalue weighted by molar-refractivity contribution is -0.119. The smallest absolute Gasteiger partial charge is 0.217 e. The van der Waals surface area contributed by atoms with Crippen LogP contribution in [-0.4, -0.2) is 32.5 Å². The highest BCUT2D eigenvalue weighted by Gasteiger charge is 2.22. The second-order valence-electron chi connectivity index (χ2n) is 9.91. The van der Waals surface area contributed by atoms with Crippen LogP contribution in [0.25, 0.3) is 21.6 Å². The fourth-order valence-corrected chi connectivity index (χ4v) is 5.67. The number of carbonyl (C=O) groups excluding carboxylic acids is 1. The van der Waals surface area contributed by atoms with E-state index in [-0.39, 0.29) is 5.91 Å². The molecule has 3 heterocycles. The maximum absolute atomic E-state index is 11.4. The molecule has 0 atom stereocenters. The van der Waals surface area contributed by atoms with Crippen LogP contribution in [0.4, 0.5) is 11.4 Å². The van der Waals surface area contributed by atoms with Gasteiger partial charge in [0.1, 0.15) is 5.52 Å². The van der Waals surface area contributed by atoms with Gasteiger partial charge in [-0.2, -0.15) is 0 Å². The third kappa shape index (κ3) is 5.54. The van der Waals surface area contributed by atoms with Gasteiger partial charge in [-0.05, 0) is 74.7 Å². The van der Waals surface area contributed by atoms with Crippen molar-refractivity contribution in [1.82, 2.24) is 19.9 Å². The molecular formula is C28H34N6OS. The fourth-order valence-electron chi connectivity index (χ4n) is 4.97. The summed E-state index contributed by atoms with van der Waals surface area (Å²) in [5.41, 5.74) is 6.35. The molecule has 0 saturated heterocycles. The molecule has 1 saturated carbocycles. The molecule has 7 nitrogen and oxygen atoms in total. The minimum Gasteiger partial charge on any atom is -0.382 e. The molecule has 1 fully saturated rings. The standard InChI is InChI=1S/C28H34N6OS/c1-18(2)34-17-31-28-25(30-16-20-6-11-24(29-15-20)27-5-4-12-36-27)13-23(14-26(28)34)33-22-9-7-21(8-10-22)32-19(3)35/h4-6,11-15,17-18,21-22,30,33H,7-10,16H2,1-3H3,(H,32,35). The number of aromatic nitrogens is 3. The monoisotopic (exact) mass is 502 g/mol. The van der Waals surface area contributed by atoms with Gasteiger partial charge in [0.25, 0.3) is 0 Å². The van der Waals surface area contributed by atoms with Crippen molar-refractivity contribution in [3.8, 4) is 10.6 Å². The SMILES string of the molecule is CC(=O)NC1CCC(Nc2cc(NCc3ccc(-c4cccs4)nc3)c3ncn(C(C)C)c3c2)CC1. The summed E-state index contributed by atoms with van der Waals surface area (Å²) in [6, 6.07) is 13.8. The highest BCUT2D eigenvalue weighted by atomic mass is 32.1. The molecule has 0 spiro atoms. The van der Waals surface area contributed by atoms with Crippen molar-refractivity contribution < 1.29 is 4.79 Å². The van der Waals surface area contributed by atoms with E-state index in [1.54, 1.807) is 18.3 Å². The Kier molecular flexibility index (Phi) is 7.23. The van der Waals surface area contributed by atoms with Gasteiger partial charge in [-0.25, -0.2) is 4.98 Å². The zero-order chi connectivity index (χ0) is 25.1. The van der Waals surface area contributed by atoms with Crippen LogP contribution in [0.2, 0.25) is 0 Å². The van der Waals surface area contributed by atoms with Crippen LogP contribution in [0, 0.1) is 0 Å². The number of pyridine rings is 1. The van der Waals surface area contributed by atoms with Crippen LogP contribution < -0.4 is 16.0 Å². The van der Waals surface area contributed by atoms with Crippen LogP contribution >= 0.6 is 11.3 Å². The van der Waals surface area contributed by atoms with Crippen molar-refractivity contribution in [2.24, 2.45) is 0 Å². The Hall–Kier alpha value is -3.39. The summed E-state index contributed by atoms with van der Waals surface area (Å²) in [6.07, 6.45) is 7.96. The zero-order valence-electron chi connectivity index (χ0n) is 21.1. The van der Waals surface area contributed by atoms with Gasteiger partial charge in [0, 0.05) is 43.5 Å². The van der Waals surface area contributed by atoms with E-state index in [4.69, 9.17) is 4.98 Å². The third-order valence-electron chi connectivity index (χ3n) is 6.82. The summed E-state index contributed by atoms with van der Waals surface area (Å²) in [5.74, 6) is 0.0610. The van der Waals surface area contributed by atoms with E-state index in [2.05, 4.69) is 75.1 Å².